The third kappa shape index (κ3) is 2.43. The summed E-state index contributed by atoms with van der Waals surface area (Å²) >= 11 is 0. The Morgan fingerprint density at radius 2 is 1.75 bits per heavy atom. The smallest absolute Gasteiger partial charge is 0.163 e. The van der Waals surface area contributed by atoms with Gasteiger partial charge in [0.15, 0.2) is 11.6 Å². The molecule has 5 aliphatic rings. The van der Waals surface area contributed by atoms with Gasteiger partial charge in [0.05, 0.1) is 12.2 Å². The van der Waals surface area contributed by atoms with Crippen LogP contribution in [-0.2, 0) is 14.3 Å². The Kier molecular flexibility index (Phi) is 4.07. The van der Waals surface area contributed by atoms with Crippen molar-refractivity contribution in [3.63, 3.8) is 0 Å². The van der Waals surface area contributed by atoms with Crippen LogP contribution in [0.25, 0.3) is 0 Å². The highest BCUT2D eigenvalue weighted by Gasteiger charge is 2.67. The number of carbonyl (C=O) groups is 1. The van der Waals surface area contributed by atoms with Crippen molar-refractivity contribution in [1.29, 1.82) is 0 Å². The number of fused-ring (bicyclic) bond motifs is 5. The average molecular weight is 389 g/mol. The predicted molar refractivity (Wildman–Crippen MR) is 107 cm³/mol. The summed E-state index contributed by atoms with van der Waals surface area (Å²) in [6.07, 6.45) is 9.80. The lowest BCUT2D eigenvalue weighted by Crippen LogP contribution is -2.59. The normalized spacial score (nSPS) is 52.6. The van der Waals surface area contributed by atoms with E-state index in [9.17, 15) is 9.90 Å². The molecule has 0 bridgehead atoms. The molecule has 0 spiro atoms. The Morgan fingerprint density at radius 3 is 2.46 bits per heavy atom. The molecule has 4 heteroatoms. The number of rotatable bonds is 1. The van der Waals surface area contributed by atoms with Crippen LogP contribution in [0.4, 0.5) is 0 Å². The molecule has 3 saturated carbocycles. The second kappa shape index (κ2) is 5.92. The van der Waals surface area contributed by atoms with Gasteiger partial charge in [-0.1, -0.05) is 19.4 Å². The van der Waals surface area contributed by atoms with Crippen molar-refractivity contribution >= 4 is 5.78 Å². The summed E-state index contributed by atoms with van der Waals surface area (Å²) in [5.41, 5.74) is 0.699. The summed E-state index contributed by atoms with van der Waals surface area (Å²) in [4.78, 5) is 12.0. The number of carbonyl (C=O) groups excluding carboxylic acids is 1. The highest BCUT2D eigenvalue weighted by molar-refractivity contribution is 5.91. The van der Waals surface area contributed by atoms with Gasteiger partial charge in [-0.05, 0) is 88.0 Å². The maximum absolute atomic E-state index is 12.0. The summed E-state index contributed by atoms with van der Waals surface area (Å²) in [6, 6.07) is 0. The van der Waals surface area contributed by atoms with Gasteiger partial charge >= 0.3 is 0 Å². The SMILES string of the molecule is CC1(C)OC[C@H]([C@@]2(O)CCC3C4CCC5=CC(=O)CC[C@]5(C)C4CC[C@@]32C)O1. The zero-order valence-corrected chi connectivity index (χ0v) is 17.9. The maximum Gasteiger partial charge on any atom is 0.163 e. The molecule has 0 aromatic carbocycles. The molecule has 28 heavy (non-hydrogen) atoms. The zero-order valence-electron chi connectivity index (χ0n) is 17.9. The minimum atomic E-state index is -0.796. The van der Waals surface area contributed by atoms with Gasteiger partial charge in [-0.3, -0.25) is 4.79 Å². The molecule has 7 atom stereocenters. The van der Waals surface area contributed by atoms with Gasteiger partial charge in [-0.15, -0.1) is 0 Å². The monoisotopic (exact) mass is 388 g/mol. The van der Waals surface area contributed by atoms with Crippen LogP contribution >= 0.6 is 0 Å². The number of hydrogen-bond donors (Lipinski definition) is 1. The first kappa shape index (κ1) is 19.3. The van der Waals surface area contributed by atoms with E-state index in [1.54, 1.807) is 0 Å². The summed E-state index contributed by atoms with van der Waals surface area (Å²) in [6.45, 7) is 9.13. The van der Waals surface area contributed by atoms with Crippen LogP contribution < -0.4 is 0 Å². The van der Waals surface area contributed by atoms with E-state index in [1.165, 1.54) is 12.0 Å². The predicted octanol–water partition coefficient (Wildman–Crippen LogP) is 4.40. The van der Waals surface area contributed by atoms with E-state index in [0.29, 0.717) is 36.6 Å². The van der Waals surface area contributed by atoms with E-state index in [0.717, 1.165) is 38.5 Å². The van der Waals surface area contributed by atoms with Crippen LogP contribution in [0.5, 0.6) is 0 Å². The Bertz CT molecular complexity index is 726. The van der Waals surface area contributed by atoms with Gasteiger partial charge < -0.3 is 14.6 Å². The van der Waals surface area contributed by atoms with Gasteiger partial charge in [0.25, 0.3) is 0 Å². The van der Waals surface area contributed by atoms with Crippen LogP contribution in [0.15, 0.2) is 11.6 Å². The van der Waals surface area contributed by atoms with Gasteiger partial charge in [0.2, 0.25) is 0 Å². The average Bonchev–Trinajstić information content (AvgIpc) is 3.13. The van der Waals surface area contributed by atoms with Crippen molar-refractivity contribution in [1.82, 2.24) is 0 Å². The second-order valence-corrected chi connectivity index (χ2v) is 11.2. The van der Waals surface area contributed by atoms with Crippen molar-refractivity contribution in [3.8, 4) is 0 Å². The Morgan fingerprint density at radius 1 is 1.00 bits per heavy atom. The standard InChI is InChI=1S/C24H36O4/c1-21(2)27-14-20(28-21)24(26)12-9-19-17-6-5-15-13-16(25)7-10-22(15,3)18(17)8-11-23(19,24)4/h13,17-20,26H,5-12,14H2,1-4H3/t17?,18?,19?,20-,22+,23+,24+/m1/s1. The fourth-order valence-electron chi connectivity index (χ4n) is 8.06. The molecule has 0 aromatic rings. The molecule has 4 nitrogen and oxygen atoms in total. The molecular weight excluding hydrogens is 352 g/mol. The van der Waals surface area contributed by atoms with Crippen LogP contribution in [0.1, 0.15) is 79.1 Å². The van der Waals surface area contributed by atoms with E-state index in [1.807, 2.05) is 19.9 Å². The molecule has 0 radical (unpaired) electrons. The van der Waals surface area contributed by atoms with E-state index in [2.05, 4.69) is 13.8 Å². The Hall–Kier alpha value is -0.710. The van der Waals surface area contributed by atoms with Gasteiger partial charge in [0.1, 0.15) is 6.10 Å². The number of allylic oxidation sites excluding steroid dienone is 1. The molecule has 3 unspecified atom stereocenters. The quantitative estimate of drug-likeness (QED) is 0.723. The molecule has 0 amide bonds. The molecule has 4 aliphatic carbocycles. The molecule has 0 aromatic heterocycles. The van der Waals surface area contributed by atoms with Crippen LogP contribution in [-0.4, -0.2) is 35.0 Å². The second-order valence-electron chi connectivity index (χ2n) is 11.2. The molecule has 4 fully saturated rings. The number of ether oxygens (including phenoxy) is 2. The van der Waals surface area contributed by atoms with Gasteiger partial charge in [-0.2, -0.15) is 0 Å². The highest BCUT2D eigenvalue weighted by atomic mass is 16.7. The molecular formula is C24H36O4. The topological polar surface area (TPSA) is 55.8 Å². The first-order chi connectivity index (χ1) is 13.1. The molecule has 1 heterocycles. The third-order valence-electron chi connectivity index (χ3n) is 9.72. The lowest BCUT2D eigenvalue weighted by atomic mass is 9.46. The van der Waals surface area contributed by atoms with Crippen molar-refractivity contribution in [2.75, 3.05) is 6.61 Å². The first-order valence-electron chi connectivity index (χ1n) is 11.4. The lowest BCUT2D eigenvalue weighted by molar-refractivity contribution is -0.208. The number of hydrogen-bond acceptors (Lipinski definition) is 4. The van der Waals surface area contributed by atoms with E-state index >= 15 is 0 Å². The van der Waals surface area contributed by atoms with E-state index < -0.39 is 11.4 Å². The van der Waals surface area contributed by atoms with E-state index in [4.69, 9.17) is 9.47 Å². The van der Waals surface area contributed by atoms with Crippen molar-refractivity contribution in [3.05, 3.63) is 11.6 Å². The van der Waals surface area contributed by atoms with Crippen molar-refractivity contribution in [2.24, 2.45) is 28.6 Å². The minimum absolute atomic E-state index is 0.106. The van der Waals surface area contributed by atoms with Crippen molar-refractivity contribution in [2.45, 2.75) is 96.6 Å². The maximum atomic E-state index is 12.0. The summed E-state index contributed by atoms with van der Waals surface area (Å²) in [5, 5.41) is 11.9. The van der Waals surface area contributed by atoms with Crippen molar-refractivity contribution < 1.29 is 19.4 Å². The fraction of sp³-hybridized carbons (Fsp3) is 0.875. The fourth-order valence-corrected chi connectivity index (χ4v) is 8.06. The number of ketones is 1. The highest BCUT2D eigenvalue weighted by Crippen LogP contribution is 2.68. The van der Waals surface area contributed by atoms with Crippen LogP contribution in [0, 0.1) is 28.6 Å². The summed E-state index contributed by atoms with van der Waals surface area (Å²) < 4.78 is 12.0. The first-order valence-corrected chi connectivity index (χ1v) is 11.4. The number of aliphatic hydroxyl groups is 1. The third-order valence-corrected chi connectivity index (χ3v) is 9.72. The summed E-state index contributed by atoms with van der Waals surface area (Å²) in [5.74, 6) is 1.57. The zero-order chi connectivity index (χ0) is 19.9. The van der Waals surface area contributed by atoms with Gasteiger partial charge in [0, 0.05) is 11.8 Å². The minimum Gasteiger partial charge on any atom is -0.386 e. The molecule has 1 N–H and O–H groups in total. The Labute approximate surface area is 169 Å². The molecule has 156 valence electrons. The molecule has 1 saturated heterocycles. The Balaban J connectivity index is 1.45. The largest absolute Gasteiger partial charge is 0.386 e. The molecule has 5 rings (SSSR count). The molecule has 1 aliphatic heterocycles. The summed E-state index contributed by atoms with van der Waals surface area (Å²) in [7, 11) is 0. The van der Waals surface area contributed by atoms with E-state index in [-0.39, 0.29) is 16.9 Å². The lowest BCUT2D eigenvalue weighted by Gasteiger charge is -2.59. The van der Waals surface area contributed by atoms with Gasteiger partial charge in [-0.25, -0.2) is 0 Å². The van der Waals surface area contributed by atoms with Crippen LogP contribution in [0.2, 0.25) is 0 Å². The van der Waals surface area contributed by atoms with Crippen LogP contribution in [0.3, 0.4) is 0 Å².